The maximum atomic E-state index is 13.4. The van der Waals surface area contributed by atoms with Crippen molar-refractivity contribution in [1.29, 1.82) is 0 Å². The number of benzene rings is 1. The summed E-state index contributed by atoms with van der Waals surface area (Å²) in [6.45, 7) is 5.75. The summed E-state index contributed by atoms with van der Waals surface area (Å²) in [5.74, 6) is -0.465. The van der Waals surface area contributed by atoms with Crippen LogP contribution in [0.15, 0.2) is 60.0 Å². The molecule has 0 bridgehead atoms. The molecule has 2 aliphatic heterocycles. The molecule has 0 spiro atoms. The Morgan fingerprint density at radius 3 is 2.52 bits per heavy atom. The number of amides is 1. The summed E-state index contributed by atoms with van der Waals surface area (Å²) >= 11 is 0. The number of anilines is 1. The molecule has 1 saturated heterocycles. The average molecular weight is 422 g/mol. The molecule has 1 fully saturated rings. The first kappa shape index (κ1) is 21.0. The van der Waals surface area contributed by atoms with E-state index in [1.54, 1.807) is 18.1 Å². The average Bonchev–Trinajstić information content (AvgIpc) is 3.26. The highest BCUT2D eigenvalue weighted by atomic mass is 16.5. The Balaban J connectivity index is 1.42. The molecule has 162 valence electrons. The van der Waals surface area contributed by atoms with Crippen LogP contribution in [0.2, 0.25) is 0 Å². The lowest BCUT2D eigenvalue weighted by Gasteiger charge is -2.37. The molecule has 0 radical (unpaired) electrons. The highest BCUT2D eigenvalue weighted by Gasteiger charge is 2.39. The Labute approximate surface area is 182 Å². The van der Waals surface area contributed by atoms with Gasteiger partial charge in [0.1, 0.15) is 11.8 Å². The zero-order valence-corrected chi connectivity index (χ0v) is 17.7. The van der Waals surface area contributed by atoms with Crippen molar-refractivity contribution in [2.75, 3.05) is 37.8 Å². The van der Waals surface area contributed by atoms with E-state index >= 15 is 0 Å². The van der Waals surface area contributed by atoms with Gasteiger partial charge in [-0.15, -0.1) is 0 Å². The molecule has 4 rings (SSSR count). The number of pyridine rings is 1. The molecule has 2 aliphatic rings. The third-order valence-corrected chi connectivity index (χ3v) is 5.54. The molecule has 0 aliphatic carbocycles. The first-order valence-electron chi connectivity index (χ1n) is 10.6. The van der Waals surface area contributed by atoms with Crippen molar-refractivity contribution in [2.24, 2.45) is 5.10 Å². The predicted molar refractivity (Wildman–Crippen MR) is 117 cm³/mol. The van der Waals surface area contributed by atoms with E-state index in [1.165, 1.54) is 5.56 Å². The number of para-hydroxylation sites is 1. The summed E-state index contributed by atoms with van der Waals surface area (Å²) in [6, 6.07) is 13.0. The Morgan fingerprint density at radius 1 is 1.06 bits per heavy atom. The van der Waals surface area contributed by atoms with Crippen LogP contribution in [0.25, 0.3) is 0 Å². The number of rotatable bonds is 6. The fourth-order valence-electron chi connectivity index (χ4n) is 3.95. The molecule has 1 aromatic heterocycles. The van der Waals surface area contributed by atoms with Crippen molar-refractivity contribution in [3.63, 3.8) is 0 Å². The first-order chi connectivity index (χ1) is 15.2. The number of hydrogen-bond donors (Lipinski definition) is 0. The second-order valence-electron chi connectivity index (χ2n) is 7.63. The molecule has 1 unspecified atom stereocenters. The Hall–Kier alpha value is -3.26. The normalized spacial score (nSPS) is 19.3. The van der Waals surface area contributed by atoms with Crippen LogP contribution in [0.4, 0.5) is 5.69 Å². The molecular formula is C23H27N5O3. The van der Waals surface area contributed by atoms with Gasteiger partial charge in [-0.05, 0) is 30.7 Å². The van der Waals surface area contributed by atoms with Crippen LogP contribution in [-0.4, -0.2) is 71.2 Å². The number of piperazine rings is 1. The van der Waals surface area contributed by atoms with Crippen molar-refractivity contribution in [3.05, 3.63) is 60.4 Å². The number of ether oxygens (including phenoxy) is 1. The minimum atomic E-state index is -0.535. The van der Waals surface area contributed by atoms with Gasteiger partial charge in [-0.25, -0.2) is 4.79 Å². The van der Waals surface area contributed by atoms with Gasteiger partial charge in [0, 0.05) is 51.5 Å². The maximum Gasteiger partial charge on any atom is 0.354 e. The lowest BCUT2D eigenvalue weighted by Crippen LogP contribution is -2.53. The van der Waals surface area contributed by atoms with E-state index in [4.69, 9.17) is 4.74 Å². The zero-order chi connectivity index (χ0) is 21.6. The molecule has 0 saturated carbocycles. The Bertz CT molecular complexity index is 927. The van der Waals surface area contributed by atoms with Gasteiger partial charge >= 0.3 is 5.97 Å². The van der Waals surface area contributed by atoms with Gasteiger partial charge in [-0.2, -0.15) is 5.10 Å². The SMILES string of the molecule is CCOC(=O)C1=NN(c2ccccc2)C(C(=O)N2CCN(Cc3cccnc3)CC2)C1. The number of hydrazone groups is 1. The molecule has 0 N–H and O–H groups in total. The second kappa shape index (κ2) is 9.70. The zero-order valence-electron chi connectivity index (χ0n) is 17.7. The van der Waals surface area contributed by atoms with Crippen LogP contribution >= 0.6 is 0 Å². The molecular weight excluding hydrogens is 394 g/mol. The van der Waals surface area contributed by atoms with Crippen LogP contribution in [-0.2, 0) is 20.9 Å². The van der Waals surface area contributed by atoms with Gasteiger partial charge in [0.15, 0.2) is 0 Å². The standard InChI is InChI=1S/C23H27N5O3/c1-2-31-23(30)20-15-21(28(25-20)19-8-4-3-5-9-19)22(29)27-13-11-26(12-14-27)17-18-7-6-10-24-16-18/h3-10,16,21H,2,11-15,17H2,1H3. The Kier molecular flexibility index (Phi) is 6.57. The molecule has 1 amide bonds. The molecule has 2 aromatic rings. The minimum Gasteiger partial charge on any atom is -0.461 e. The smallest absolute Gasteiger partial charge is 0.354 e. The van der Waals surface area contributed by atoms with E-state index in [1.807, 2.05) is 47.5 Å². The minimum absolute atomic E-state index is 0.00655. The van der Waals surface area contributed by atoms with Gasteiger partial charge in [0.2, 0.25) is 5.91 Å². The monoisotopic (exact) mass is 421 g/mol. The third-order valence-electron chi connectivity index (χ3n) is 5.54. The van der Waals surface area contributed by atoms with Gasteiger partial charge < -0.3 is 9.64 Å². The summed E-state index contributed by atoms with van der Waals surface area (Å²) in [6.07, 6.45) is 3.90. The van der Waals surface area contributed by atoms with E-state index in [0.29, 0.717) is 18.8 Å². The number of aromatic nitrogens is 1. The van der Waals surface area contributed by atoms with Crippen molar-refractivity contribution in [3.8, 4) is 0 Å². The molecule has 8 nitrogen and oxygen atoms in total. The fourth-order valence-corrected chi connectivity index (χ4v) is 3.95. The van der Waals surface area contributed by atoms with Gasteiger partial charge in [0.05, 0.1) is 12.3 Å². The number of esters is 1. The van der Waals surface area contributed by atoms with Gasteiger partial charge in [-0.3, -0.25) is 19.7 Å². The van der Waals surface area contributed by atoms with E-state index in [9.17, 15) is 9.59 Å². The van der Waals surface area contributed by atoms with E-state index < -0.39 is 12.0 Å². The topological polar surface area (TPSA) is 78.3 Å². The van der Waals surface area contributed by atoms with Crippen LogP contribution in [0.5, 0.6) is 0 Å². The fraction of sp³-hybridized carbons (Fsp3) is 0.391. The lowest BCUT2D eigenvalue weighted by atomic mass is 10.1. The van der Waals surface area contributed by atoms with Crippen molar-refractivity contribution in [2.45, 2.75) is 25.9 Å². The third kappa shape index (κ3) is 4.91. The number of carbonyl (C=O) groups excluding carboxylic acids is 2. The van der Waals surface area contributed by atoms with Gasteiger partial charge in [-0.1, -0.05) is 24.3 Å². The van der Waals surface area contributed by atoms with Gasteiger partial charge in [0.25, 0.3) is 0 Å². The number of hydrogen-bond acceptors (Lipinski definition) is 7. The molecule has 8 heteroatoms. The van der Waals surface area contributed by atoms with Crippen molar-refractivity contribution in [1.82, 2.24) is 14.8 Å². The maximum absolute atomic E-state index is 13.4. The first-order valence-corrected chi connectivity index (χ1v) is 10.6. The molecule has 3 heterocycles. The van der Waals surface area contributed by atoms with Crippen LogP contribution in [0, 0.1) is 0 Å². The molecule has 31 heavy (non-hydrogen) atoms. The van der Waals surface area contributed by atoms with Crippen LogP contribution in [0.3, 0.4) is 0 Å². The van der Waals surface area contributed by atoms with Crippen LogP contribution in [0.1, 0.15) is 18.9 Å². The summed E-state index contributed by atoms with van der Waals surface area (Å²) in [7, 11) is 0. The second-order valence-corrected chi connectivity index (χ2v) is 7.63. The predicted octanol–water partition coefficient (Wildman–Crippen LogP) is 1.92. The number of nitrogens with zero attached hydrogens (tertiary/aromatic N) is 5. The summed E-state index contributed by atoms with van der Waals surface area (Å²) in [4.78, 5) is 34.0. The van der Waals surface area contributed by atoms with Crippen molar-refractivity contribution >= 4 is 23.3 Å². The van der Waals surface area contributed by atoms with E-state index in [2.05, 4.69) is 21.1 Å². The van der Waals surface area contributed by atoms with E-state index in [0.717, 1.165) is 25.3 Å². The largest absolute Gasteiger partial charge is 0.461 e. The summed E-state index contributed by atoms with van der Waals surface area (Å²) < 4.78 is 5.12. The lowest BCUT2D eigenvalue weighted by molar-refractivity contribution is -0.135. The number of carbonyl (C=O) groups is 2. The molecule has 1 atom stereocenters. The Morgan fingerprint density at radius 2 is 1.84 bits per heavy atom. The summed E-state index contributed by atoms with van der Waals surface area (Å²) in [5.41, 5.74) is 2.25. The van der Waals surface area contributed by atoms with E-state index in [-0.39, 0.29) is 18.9 Å². The van der Waals surface area contributed by atoms with Crippen LogP contribution < -0.4 is 5.01 Å². The highest BCUT2D eigenvalue weighted by Crippen LogP contribution is 2.26. The molecule has 1 aromatic carbocycles. The highest BCUT2D eigenvalue weighted by molar-refractivity contribution is 6.38. The quantitative estimate of drug-likeness (QED) is 0.664. The summed E-state index contributed by atoms with van der Waals surface area (Å²) in [5, 5.41) is 6.12. The van der Waals surface area contributed by atoms with Crippen molar-refractivity contribution < 1.29 is 14.3 Å².